The van der Waals surface area contributed by atoms with Gasteiger partial charge in [0.2, 0.25) is 5.91 Å². The molecule has 1 amide bonds. The maximum Gasteiger partial charge on any atom is 0.242 e. The molecule has 1 aliphatic heterocycles. The van der Waals surface area contributed by atoms with E-state index < -0.39 is 0 Å². The van der Waals surface area contributed by atoms with Crippen LogP contribution in [0.1, 0.15) is 18.5 Å². The zero-order valence-electron chi connectivity index (χ0n) is 9.03. The highest BCUT2D eigenvalue weighted by Gasteiger charge is 2.51. The Morgan fingerprint density at radius 2 is 2.24 bits per heavy atom. The van der Waals surface area contributed by atoms with E-state index in [0.29, 0.717) is 6.54 Å². The molecule has 2 heterocycles. The van der Waals surface area contributed by atoms with Gasteiger partial charge in [-0.3, -0.25) is 9.48 Å². The fourth-order valence-corrected chi connectivity index (χ4v) is 3.07. The molecule has 1 saturated carbocycles. The van der Waals surface area contributed by atoms with Crippen LogP contribution in [0.5, 0.6) is 0 Å². The van der Waals surface area contributed by atoms with Crippen LogP contribution in [0.15, 0.2) is 22.7 Å². The van der Waals surface area contributed by atoms with E-state index in [-0.39, 0.29) is 11.4 Å². The number of nitrogens with zero attached hydrogens (tertiary/aromatic N) is 2. The molecular weight excluding hydrogens is 282 g/mol. The van der Waals surface area contributed by atoms with Crippen LogP contribution in [0.2, 0.25) is 0 Å². The summed E-state index contributed by atoms with van der Waals surface area (Å²) < 4.78 is 2.91. The molecule has 1 spiro atoms. The summed E-state index contributed by atoms with van der Waals surface area (Å²) in [6.07, 6.45) is 2.04. The molecule has 0 bridgehead atoms. The highest BCUT2D eigenvalue weighted by atomic mass is 79.9. The average molecular weight is 292 g/mol. The van der Waals surface area contributed by atoms with Gasteiger partial charge in [-0.05, 0) is 31.0 Å². The Morgan fingerprint density at radius 1 is 1.41 bits per heavy atom. The van der Waals surface area contributed by atoms with Gasteiger partial charge < -0.3 is 5.32 Å². The maximum atomic E-state index is 11.6. The lowest BCUT2D eigenvalue weighted by Crippen LogP contribution is -2.44. The van der Waals surface area contributed by atoms with Gasteiger partial charge in [0.15, 0.2) is 0 Å². The first-order valence-electron chi connectivity index (χ1n) is 5.66. The summed E-state index contributed by atoms with van der Waals surface area (Å²) in [5.41, 5.74) is 2.00. The van der Waals surface area contributed by atoms with Gasteiger partial charge in [-0.25, -0.2) is 0 Å². The monoisotopic (exact) mass is 291 g/mol. The molecule has 1 aromatic carbocycles. The first kappa shape index (κ1) is 9.65. The molecule has 4 rings (SSSR count). The third-order valence-electron chi connectivity index (χ3n) is 3.58. The summed E-state index contributed by atoms with van der Waals surface area (Å²) in [4.78, 5) is 11.6. The summed E-state index contributed by atoms with van der Waals surface area (Å²) in [6, 6.07) is 6.06. The van der Waals surface area contributed by atoms with Crippen molar-refractivity contribution in [2.24, 2.45) is 0 Å². The van der Waals surface area contributed by atoms with E-state index in [4.69, 9.17) is 0 Å². The summed E-state index contributed by atoms with van der Waals surface area (Å²) in [7, 11) is 0. The Labute approximate surface area is 106 Å². The van der Waals surface area contributed by atoms with Crippen molar-refractivity contribution in [1.29, 1.82) is 0 Å². The quantitative estimate of drug-likeness (QED) is 0.806. The second-order valence-electron chi connectivity index (χ2n) is 4.80. The predicted molar refractivity (Wildman–Crippen MR) is 66.5 cm³/mol. The zero-order chi connectivity index (χ0) is 11.6. The van der Waals surface area contributed by atoms with Crippen molar-refractivity contribution in [1.82, 2.24) is 15.1 Å². The van der Waals surface area contributed by atoms with Crippen molar-refractivity contribution in [2.45, 2.75) is 24.9 Å². The number of benzene rings is 1. The molecule has 1 N–H and O–H groups in total. The first-order chi connectivity index (χ1) is 8.18. The molecule has 17 heavy (non-hydrogen) atoms. The van der Waals surface area contributed by atoms with Gasteiger partial charge in [0.1, 0.15) is 6.54 Å². The van der Waals surface area contributed by atoms with Crippen molar-refractivity contribution >= 4 is 32.7 Å². The Bertz CT molecular complexity index is 657. The molecule has 2 aromatic rings. The van der Waals surface area contributed by atoms with Gasteiger partial charge >= 0.3 is 0 Å². The van der Waals surface area contributed by atoms with Crippen LogP contribution in [-0.2, 0) is 16.9 Å². The fourth-order valence-electron chi connectivity index (χ4n) is 2.71. The minimum Gasteiger partial charge on any atom is -0.343 e. The van der Waals surface area contributed by atoms with Crippen molar-refractivity contribution < 1.29 is 4.79 Å². The molecule has 1 aromatic heterocycles. The third-order valence-corrected chi connectivity index (χ3v) is 4.07. The van der Waals surface area contributed by atoms with Crippen molar-refractivity contribution in [3.63, 3.8) is 0 Å². The standard InChI is InChI=1S/C12H10BrN3O/c13-7-1-2-9-8(5-7)11-12(3-4-12)14-10(17)6-16(11)15-9/h1-2,5H,3-4,6H2,(H,14,17). The van der Waals surface area contributed by atoms with Gasteiger partial charge in [-0.15, -0.1) is 0 Å². The van der Waals surface area contributed by atoms with Crippen molar-refractivity contribution in [2.75, 3.05) is 0 Å². The molecule has 2 aliphatic rings. The zero-order valence-corrected chi connectivity index (χ0v) is 10.6. The van der Waals surface area contributed by atoms with E-state index in [1.165, 1.54) is 5.69 Å². The molecule has 1 aliphatic carbocycles. The number of nitrogens with one attached hydrogen (secondary N) is 1. The topological polar surface area (TPSA) is 46.9 Å². The molecular formula is C12H10BrN3O. The molecule has 1 fully saturated rings. The van der Waals surface area contributed by atoms with Gasteiger partial charge in [-0.1, -0.05) is 15.9 Å². The van der Waals surface area contributed by atoms with Crippen molar-refractivity contribution in [3.8, 4) is 0 Å². The second kappa shape index (κ2) is 2.90. The number of hydrogen-bond acceptors (Lipinski definition) is 2. The number of rotatable bonds is 0. The largest absolute Gasteiger partial charge is 0.343 e. The number of carbonyl (C=O) groups excluding carboxylic acids is 1. The second-order valence-corrected chi connectivity index (χ2v) is 5.71. The molecule has 4 nitrogen and oxygen atoms in total. The van der Waals surface area contributed by atoms with Crippen LogP contribution in [0, 0.1) is 0 Å². The Hall–Kier alpha value is -1.36. The van der Waals surface area contributed by atoms with Gasteiger partial charge in [-0.2, -0.15) is 5.10 Å². The van der Waals surface area contributed by atoms with Crippen LogP contribution in [0.25, 0.3) is 10.9 Å². The van der Waals surface area contributed by atoms with Crippen LogP contribution in [0.4, 0.5) is 0 Å². The van der Waals surface area contributed by atoms with E-state index in [2.05, 4.69) is 32.4 Å². The fraction of sp³-hybridized carbons (Fsp3) is 0.333. The smallest absolute Gasteiger partial charge is 0.242 e. The van der Waals surface area contributed by atoms with Gasteiger partial charge in [0.25, 0.3) is 0 Å². The Kier molecular flexibility index (Phi) is 1.65. The highest BCUT2D eigenvalue weighted by molar-refractivity contribution is 9.10. The number of halogens is 1. The van der Waals surface area contributed by atoms with E-state index in [9.17, 15) is 4.79 Å². The first-order valence-corrected chi connectivity index (χ1v) is 6.45. The van der Waals surface area contributed by atoms with Crippen LogP contribution in [0.3, 0.4) is 0 Å². The van der Waals surface area contributed by atoms with Crippen molar-refractivity contribution in [3.05, 3.63) is 28.4 Å². The van der Waals surface area contributed by atoms with Crippen LogP contribution >= 0.6 is 15.9 Å². The third kappa shape index (κ3) is 1.23. The van der Waals surface area contributed by atoms with E-state index in [1.807, 2.05) is 16.8 Å². The maximum absolute atomic E-state index is 11.6. The number of aromatic nitrogens is 2. The number of fused-ring (bicyclic) bond motifs is 4. The highest BCUT2D eigenvalue weighted by Crippen LogP contribution is 2.49. The van der Waals surface area contributed by atoms with Crippen LogP contribution < -0.4 is 5.32 Å². The lowest BCUT2D eigenvalue weighted by atomic mass is 10.1. The predicted octanol–water partition coefficient (Wildman–Crippen LogP) is 1.92. The van der Waals surface area contributed by atoms with Gasteiger partial charge in [0.05, 0.1) is 16.7 Å². The minimum atomic E-state index is -0.134. The molecule has 5 heteroatoms. The lowest BCUT2D eigenvalue weighted by Gasteiger charge is -2.24. The summed E-state index contributed by atoms with van der Waals surface area (Å²) in [5.74, 6) is 0.0712. The van der Waals surface area contributed by atoms with E-state index in [1.54, 1.807) is 0 Å². The summed E-state index contributed by atoms with van der Waals surface area (Å²) in [5, 5.41) is 8.77. The van der Waals surface area contributed by atoms with Crippen LogP contribution in [-0.4, -0.2) is 15.7 Å². The average Bonchev–Trinajstić information content (AvgIpc) is 2.90. The Morgan fingerprint density at radius 3 is 3.00 bits per heavy atom. The van der Waals surface area contributed by atoms with Gasteiger partial charge in [0, 0.05) is 9.86 Å². The van der Waals surface area contributed by atoms with E-state index >= 15 is 0 Å². The number of hydrogen-bond donors (Lipinski definition) is 1. The Balaban J connectivity index is 2.07. The molecule has 86 valence electrons. The SMILES string of the molecule is O=C1Cn2nc3ccc(Br)cc3c2C2(CC2)N1. The molecule has 0 unspecified atom stereocenters. The molecule has 0 saturated heterocycles. The summed E-state index contributed by atoms with van der Waals surface area (Å²) >= 11 is 3.49. The number of amides is 1. The minimum absolute atomic E-state index is 0.0712. The normalized spacial score (nSPS) is 20.4. The molecule has 0 radical (unpaired) electrons. The number of carbonyl (C=O) groups is 1. The lowest BCUT2D eigenvalue weighted by molar-refractivity contribution is -0.124. The summed E-state index contributed by atoms with van der Waals surface area (Å²) in [6.45, 7) is 0.337. The molecule has 0 atom stereocenters. The van der Waals surface area contributed by atoms with E-state index in [0.717, 1.165) is 28.2 Å².